The zero-order chi connectivity index (χ0) is 16.1. The maximum Gasteiger partial charge on any atom is 0.211 e. The van der Waals surface area contributed by atoms with Crippen molar-refractivity contribution >= 4 is 29.6 Å². The highest BCUT2D eigenvalue weighted by molar-refractivity contribution is 7.98. The second kappa shape index (κ2) is 7.65. The maximum absolute atomic E-state index is 6.23. The average molecular weight is 339 g/mol. The van der Waals surface area contributed by atoms with E-state index in [1.54, 1.807) is 10.9 Å². The van der Waals surface area contributed by atoms with Crippen LogP contribution in [-0.2, 0) is 6.42 Å². The SMILES string of the molecule is CCc1nnc(SC)n1/N=C\c1ccc(OC(C)C)c(Cl)c1. The smallest absolute Gasteiger partial charge is 0.211 e. The van der Waals surface area contributed by atoms with Crippen molar-refractivity contribution in [3.63, 3.8) is 0 Å². The molecule has 0 aliphatic carbocycles. The molecule has 2 rings (SSSR count). The van der Waals surface area contributed by atoms with Gasteiger partial charge in [-0.2, -0.15) is 9.78 Å². The molecule has 0 aliphatic rings. The molecule has 0 N–H and O–H groups in total. The van der Waals surface area contributed by atoms with Crippen molar-refractivity contribution in [3.8, 4) is 5.75 Å². The van der Waals surface area contributed by atoms with Crippen LogP contribution in [0, 0.1) is 0 Å². The van der Waals surface area contributed by atoms with E-state index in [9.17, 15) is 0 Å². The van der Waals surface area contributed by atoms with Gasteiger partial charge in [0.05, 0.1) is 17.3 Å². The number of benzene rings is 1. The third-order valence-electron chi connectivity index (χ3n) is 2.82. The zero-order valence-corrected chi connectivity index (χ0v) is 14.6. The lowest BCUT2D eigenvalue weighted by molar-refractivity contribution is 0.242. The second-order valence-corrected chi connectivity index (χ2v) is 6.05. The van der Waals surface area contributed by atoms with Gasteiger partial charge < -0.3 is 4.74 Å². The van der Waals surface area contributed by atoms with Crippen LogP contribution in [0.3, 0.4) is 0 Å². The third kappa shape index (κ3) is 4.01. The van der Waals surface area contributed by atoms with Gasteiger partial charge in [0.2, 0.25) is 5.16 Å². The molecular weight excluding hydrogens is 320 g/mol. The Kier molecular flexibility index (Phi) is 5.85. The summed E-state index contributed by atoms with van der Waals surface area (Å²) < 4.78 is 7.37. The van der Waals surface area contributed by atoms with E-state index in [1.807, 2.05) is 45.2 Å². The molecule has 118 valence electrons. The van der Waals surface area contributed by atoms with E-state index in [1.165, 1.54) is 11.8 Å². The van der Waals surface area contributed by atoms with Crippen LogP contribution in [-0.4, -0.2) is 33.4 Å². The predicted molar refractivity (Wildman–Crippen MR) is 91.4 cm³/mol. The Morgan fingerprint density at radius 3 is 2.77 bits per heavy atom. The summed E-state index contributed by atoms with van der Waals surface area (Å²) in [5.74, 6) is 1.50. The van der Waals surface area contributed by atoms with Gasteiger partial charge in [0.15, 0.2) is 5.82 Å². The van der Waals surface area contributed by atoms with Crippen LogP contribution in [0.25, 0.3) is 0 Å². The minimum Gasteiger partial charge on any atom is -0.489 e. The van der Waals surface area contributed by atoms with Crippen LogP contribution in [0.15, 0.2) is 28.5 Å². The first-order valence-electron chi connectivity index (χ1n) is 7.04. The Labute approximate surface area is 139 Å². The molecule has 0 spiro atoms. The van der Waals surface area contributed by atoms with Crippen LogP contribution in [0.5, 0.6) is 5.75 Å². The normalized spacial score (nSPS) is 11.5. The van der Waals surface area contributed by atoms with Crippen LogP contribution in [0.2, 0.25) is 5.02 Å². The minimum atomic E-state index is 0.0882. The first-order chi connectivity index (χ1) is 10.5. The molecule has 1 aromatic carbocycles. The van der Waals surface area contributed by atoms with Gasteiger partial charge in [-0.15, -0.1) is 10.2 Å². The van der Waals surface area contributed by atoms with E-state index >= 15 is 0 Å². The lowest BCUT2D eigenvalue weighted by atomic mass is 10.2. The molecule has 0 aliphatic heterocycles. The molecule has 0 bridgehead atoms. The number of aryl methyl sites for hydroxylation is 1. The highest BCUT2D eigenvalue weighted by atomic mass is 35.5. The van der Waals surface area contributed by atoms with Gasteiger partial charge in [-0.1, -0.05) is 30.3 Å². The number of thioether (sulfide) groups is 1. The van der Waals surface area contributed by atoms with Crippen molar-refractivity contribution in [3.05, 3.63) is 34.6 Å². The Morgan fingerprint density at radius 2 is 2.18 bits per heavy atom. The monoisotopic (exact) mass is 338 g/mol. The van der Waals surface area contributed by atoms with Crippen molar-refractivity contribution in [1.29, 1.82) is 0 Å². The van der Waals surface area contributed by atoms with E-state index in [0.29, 0.717) is 10.8 Å². The predicted octanol–water partition coefficient (Wildman–Crippen LogP) is 3.89. The van der Waals surface area contributed by atoms with Gasteiger partial charge >= 0.3 is 0 Å². The molecule has 0 saturated carbocycles. The number of hydrogen-bond donors (Lipinski definition) is 0. The summed E-state index contributed by atoms with van der Waals surface area (Å²) in [5.41, 5.74) is 0.893. The van der Waals surface area contributed by atoms with E-state index in [-0.39, 0.29) is 6.10 Å². The van der Waals surface area contributed by atoms with Crippen LogP contribution < -0.4 is 4.74 Å². The van der Waals surface area contributed by atoms with Gasteiger partial charge in [0.1, 0.15) is 5.75 Å². The standard InChI is InChI=1S/C15H19ClN4OS/c1-5-14-18-19-15(22-4)20(14)17-9-11-6-7-13(12(16)8-11)21-10(2)3/h6-10H,5H2,1-4H3/b17-9-. The number of hydrogen-bond acceptors (Lipinski definition) is 5. The molecule has 22 heavy (non-hydrogen) atoms. The molecule has 5 nitrogen and oxygen atoms in total. The van der Waals surface area contributed by atoms with Crippen LogP contribution in [0.1, 0.15) is 32.2 Å². The Balaban J connectivity index is 2.24. The maximum atomic E-state index is 6.23. The van der Waals surface area contributed by atoms with E-state index in [0.717, 1.165) is 23.0 Å². The summed E-state index contributed by atoms with van der Waals surface area (Å²) >= 11 is 7.74. The van der Waals surface area contributed by atoms with Gasteiger partial charge in [0, 0.05) is 6.42 Å². The number of halogens is 1. The Morgan fingerprint density at radius 1 is 1.41 bits per heavy atom. The molecule has 0 saturated heterocycles. The van der Waals surface area contributed by atoms with Crippen molar-refractivity contribution in [2.75, 3.05) is 6.26 Å². The summed E-state index contributed by atoms with van der Waals surface area (Å²) in [6, 6.07) is 5.60. The van der Waals surface area contributed by atoms with Gasteiger partial charge in [-0.25, -0.2) is 0 Å². The van der Waals surface area contributed by atoms with Crippen molar-refractivity contribution in [2.45, 2.75) is 38.5 Å². The summed E-state index contributed by atoms with van der Waals surface area (Å²) in [4.78, 5) is 0. The summed E-state index contributed by atoms with van der Waals surface area (Å²) in [6.45, 7) is 5.96. The van der Waals surface area contributed by atoms with Crippen LogP contribution in [0.4, 0.5) is 0 Å². The molecule has 0 atom stereocenters. The molecular formula is C15H19ClN4OS. The Hall–Kier alpha value is -1.53. The lowest BCUT2D eigenvalue weighted by Crippen LogP contribution is -2.06. The highest BCUT2D eigenvalue weighted by Crippen LogP contribution is 2.26. The van der Waals surface area contributed by atoms with Crippen molar-refractivity contribution in [2.24, 2.45) is 5.10 Å². The summed E-state index contributed by atoms with van der Waals surface area (Å²) in [5, 5.41) is 14.0. The molecule has 1 aromatic heterocycles. The largest absolute Gasteiger partial charge is 0.489 e. The van der Waals surface area contributed by atoms with Gasteiger partial charge in [-0.05, 0) is 43.9 Å². The molecule has 0 amide bonds. The van der Waals surface area contributed by atoms with Gasteiger partial charge in [0.25, 0.3) is 0 Å². The average Bonchev–Trinajstić information content (AvgIpc) is 2.89. The second-order valence-electron chi connectivity index (χ2n) is 4.87. The zero-order valence-electron chi connectivity index (χ0n) is 13.1. The van der Waals surface area contributed by atoms with Gasteiger partial charge in [-0.3, -0.25) is 0 Å². The third-order valence-corrected chi connectivity index (χ3v) is 3.73. The van der Waals surface area contributed by atoms with Crippen molar-refractivity contribution in [1.82, 2.24) is 14.9 Å². The summed E-state index contributed by atoms with van der Waals surface area (Å²) in [7, 11) is 0. The number of aromatic nitrogens is 3. The number of nitrogens with zero attached hydrogens (tertiary/aromatic N) is 4. The Bertz CT molecular complexity index is 648. The molecule has 0 radical (unpaired) electrons. The fraction of sp³-hybridized carbons (Fsp3) is 0.400. The molecule has 0 fully saturated rings. The fourth-order valence-corrected chi connectivity index (χ4v) is 2.51. The highest BCUT2D eigenvalue weighted by Gasteiger charge is 2.08. The lowest BCUT2D eigenvalue weighted by Gasteiger charge is -2.11. The fourth-order valence-electron chi connectivity index (χ4n) is 1.83. The van der Waals surface area contributed by atoms with E-state index in [2.05, 4.69) is 15.3 Å². The van der Waals surface area contributed by atoms with E-state index < -0.39 is 0 Å². The molecule has 0 unspecified atom stereocenters. The first kappa shape index (κ1) is 16.8. The minimum absolute atomic E-state index is 0.0882. The number of rotatable bonds is 6. The quantitative estimate of drug-likeness (QED) is 0.592. The molecule has 1 heterocycles. The molecule has 2 aromatic rings. The van der Waals surface area contributed by atoms with Crippen molar-refractivity contribution < 1.29 is 4.74 Å². The van der Waals surface area contributed by atoms with Crippen LogP contribution >= 0.6 is 23.4 Å². The first-order valence-corrected chi connectivity index (χ1v) is 8.64. The van der Waals surface area contributed by atoms with E-state index in [4.69, 9.17) is 16.3 Å². The summed E-state index contributed by atoms with van der Waals surface area (Å²) in [6.07, 6.45) is 4.55. The number of ether oxygens (including phenoxy) is 1. The topological polar surface area (TPSA) is 52.3 Å². The molecule has 7 heteroatoms.